The maximum absolute atomic E-state index is 12.0. The Labute approximate surface area is 109 Å². The van der Waals surface area contributed by atoms with Crippen molar-refractivity contribution >= 4 is 5.91 Å². The minimum Gasteiger partial charge on any atom is -0.381 e. The quantitative estimate of drug-likeness (QED) is 0.732. The van der Waals surface area contributed by atoms with Gasteiger partial charge in [0.2, 0.25) is 5.91 Å². The van der Waals surface area contributed by atoms with Crippen molar-refractivity contribution < 1.29 is 9.53 Å². The topological polar surface area (TPSA) is 53.6 Å². The summed E-state index contributed by atoms with van der Waals surface area (Å²) in [6, 6.07) is -0.0133. The van der Waals surface area contributed by atoms with E-state index in [1.165, 1.54) is 6.42 Å². The van der Waals surface area contributed by atoms with Crippen LogP contribution in [0, 0.1) is 5.92 Å². The van der Waals surface area contributed by atoms with E-state index in [0.29, 0.717) is 12.5 Å². The Morgan fingerprint density at radius 1 is 1.56 bits per heavy atom. The van der Waals surface area contributed by atoms with E-state index in [0.717, 1.165) is 45.8 Å². The first-order chi connectivity index (χ1) is 8.81. The first-order valence-corrected chi connectivity index (χ1v) is 7.11. The van der Waals surface area contributed by atoms with Gasteiger partial charge in [0.25, 0.3) is 0 Å². The lowest BCUT2D eigenvalue weighted by molar-refractivity contribution is -0.127. The number of ether oxygens (including phenoxy) is 1. The predicted octanol–water partition coefficient (Wildman–Crippen LogP) is -0.177. The van der Waals surface area contributed by atoms with E-state index in [2.05, 4.69) is 15.5 Å². The molecule has 0 aromatic rings. The standard InChI is InChI=1S/C13H25N3O2/c1-2-15-13(17)12-8-14-5-6-16(12)9-11-4-3-7-18-10-11/h11-12,14H,2-10H2,1H3,(H,15,17). The van der Waals surface area contributed by atoms with Crippen molar-refractivity contribution in [3.8, 4) is 0 Å². The SMILES string of the molecule is CCNC(=O)C1CNCCN1CC1CCCOC1. The molecule has 0 bridgehead atoms. The largest absolute Gasteiger partial charge is 0.381 e. The summed E-state index contributed by atoms with van der Waals surface area (Å²) in [4.78, 5) is 14.3. The molecule has 2 unspecified atom stereocenters. The van der Waals surface area contributed by atoms with Crippen LogP contribution >= 0.6 is 0 Å². The molecule has 0 aromatic carbocycles. The van der Waals surface area contributed by atoms with Crippen LogP contribution in [0.3, 0.4) is 0 Å². The van der Waals surface area contributed by atoms with Gasteiger partial charge >= 0.3 is 0 Å². The van der Waals surface area contributed by atoms with E-state index in [1.807, 2.05) is 6.92 Å². The Kier molecular flexibility index (Phi) is 5.41. The number of carbonyl (C=O) groups excluding carboxylic acids is 1. The molecule has 0 radical (unpaired) electrons. The average molecular weight is 255 g/mol. The van der Waals surface area contributed by atoms with Crippen molar-refractivity contribution in [3.05, 3.63) is 0 Å². The van der Waals surface area contributed by atoms with Crippen molar-refractivity contribution in [1.29, 1.82) is 0 Å². The molecule has 2 atom stereocenters. The first kappa shape index (κ1) is 13.8. The lowest BCUT2D eigenvalue weighted by atomic mass is 10.00. The van der Waals surface area contributed by atoms with Crippen molar-refractivity contribution in [2.24, 2.45) is 5.92 Å². The summed E-state index contributed by atoms with van der Waals surface area (Å²) in [5.41, 5.74) is 0. The number of hydrogen-bond acceptors (Lipinski definition) is 4. The molecule has 5 heteroatoms. The van der Waals surface area contributed by atoms with E-state index in [1.54, 1.807) is 0 Å². The molecule has 104 valence electrons. The lowest BCUT2D eigenvalue weighted by Gasteiger charge is -2.38. The zero-order valence-corrected chi connectivity index (χ0v) is 11.3. The van der Waals surface area contributed by atoms with E-state index in [9.17, 15) is 4.79 Å². The third kappa shape index (κ3) is 3.67. The van der Waals surface area contributed by atoms with Crippen LogP contribution in [0.4, 0.5) is 0 Å². The van der Waals surface area contributed by atoms with Gasteiger partial charge in [-0.25, -0.2) is 0 Å². The number of rotatable bonds is 4. The van der Waals surface area contributed by atoms with Crippen LogP contribution in [-0.4, -0.2) is 62.8 Å². The average Bonchev–Trinajstić information content (AvgIpc) is 2.41. The van der Waals surface area contributed by atoms with Crippen LogP contribution in [0.1, 0.15) is 19.8 Å². The van der Waals surface area contributed by atoms with Gasteiger partial charge in [-0.1, -0.05) is 0 Å². The van der Waals surface area contributed by atoms with Gasteiger partial charge in [-0.3, -0.25) is 9.69 Å². The number of nitrogens with zero attached hydrogens (tertiary/aromatic N) is 1. The Balaban J connectivity index is 1.88. The summed E-state index contributed by atoms with van der Waals surface area (Å²) in [7, 11) is 0. The van der Waals surface area contributed by atoms with Crippen molar-refractivity contribution in [2.45, 2.75) is 25.8 Å². The molecule has 2 heterocycles. The highest BCUT2D eigenvalue weighted by Gasteiger charge is 2.30. The maximum Gasteiger partial charge on any atom is 0.238 e. The minimum atomic E-state index is -0.0133. The van der Waals surface area contributed by atoms with Crippen LogP contribution in [0.5, 0.6) is 0 Å². The summed E-state index contributed by atoms with van der Waals surface area (Å²) in [5.74, 6) is 0.746. The molecule has 2 saturated heterocycles. The Morgan fingerprint density at radius 3 is 3.17 bits per heavy atom. The van der Waals surface area contributed by atoms with Crippen LogP contribution in [0.25, 0.3) is 0 Å². The van der Waals surface area contributed by atoms with Crippen LogP contribution in [0.15, 0.2) is 0 Å². The van der Waals surface area contributed by atoms with Crippen LogP contribution in [-0.2, 0) is 9.53 Å². The summed E-state index contributed by atoms with van der Waals surface area (Å²) < 4.78 is 5.52. The molecule has 2 aliphatic heterocycles. The summed E-state index contributed by atoms with van der Waals surface area (Å²) in [6.45, 7) is 8.11. The molecule has 0 aromatic heterocycles. The molecule has 5 nitrogen and oxygen atoms in total. The fourth-order valence-electron chi connectivity index (χ4n) is 2.80. The molecule has 18 heavy (non-hydrogen) atoms. The highest BCUT2D eigenvalue weighted by molar-refractivity contribution is 5.82. The molecule has 2 N–H and O–H groups in total. The van der Waals surface area contributed by atoms with Gasteiger partial charge in [0.15, 0.2) is 0 Å². The molecule has 2 rings (SSSR count). The van der Waals surface area contributed by atoms with E-state index >= 15 is 0 Å². The van der Waals surface area contributed by atoms with E-state index in [4.69, 9.17) is 4.74 Å². The molecule has 2 aliphatic rings. The predicted molar refractivity (Wildman–Crippen MR) is 70.5 cm³/mol. The van der Waals surface area contributed by atoms with E-state index < -0.39 is 0 Å². The maximum atomic E-state index is 12.0. The number of amides is 1. The van der Waals surface area contributed by atoms with Crippen molar-refractivity contribution in [3.63, 3.8) is 0 Å². The Morgan fingerprint density at radius 2 is 2.44 bits per heavy atom. The Bertz CT molecular complexity index is 267. The highest BCUT2D eigenvalue weighted by atomic mass is 16.5. The lowest BCUT2D eigenvalue weighted by Crippen LogP contribution is -2.59. The van der Waals surface area contributed by atoms with E-state index in [-0.39, 0.29) is 11.9 Å². The van der Waals surface area contributed by atoms with Gasteiger partial charge in [0.05, 0.1) is 6.61 Å². The number of piperazine rings is 1. The number of hydrogen-bond donors (Lipinski definition) is 2. The molecular weight excluding hydrogens is 230 g/mol. The van der Waals surface area contributed by atoms with Gasteiger partial charge in [-0.2, -0.15) is 0 Å². The Hall–Kier alpha value is -0.650. The van der Waals surface area contributed by atoms with Gasteiger partial charge in [0, 0.05) is 39.3 Å². The van der Waals surface area contributed by atoms with Crippen LogP contribution in [0.2, 0.25) is 0 Å². The summed E-state index contributed by atoms with van der Waals surface area (Å²) in [6.07, 6.45) is 2.38. The van der Waals surface area contributed by atoms with Gasteiger partial charge in [-0.15, -0.1) is 0 Å². The van der Waals surface area contributed by atoms with Crippen molar-refractivity contribution in [2.75, 3.05) is 45.9 Å². The molecule has 1 amide bonds. The zero-order chi connectivity index (χ0) is 12.8. The zero-order valence-electron chi connectivity index (χ0n) is 11.3. The second-order valence-electron chi connectivity index (χ2n) is 5.19. The second-order valence-corrected chi connectivity index (χ2v) is 5.19. The second kappa shape index (κ2) is 7.07. The number of nitrogens with one attached hydrogen (secondary N) is 2. The first-order valence-electron chi connectivity index (χ1n) is 7.11. The van der Waals surface area contributed by atoms with Gasteiger partial charge in [-0.05, 0) is 25.7 Å². The third-order valence-electron chi connectivity index (χ3n) is 3.76. The normalized spacial score (nSPS) is 30.1. The number of carbonyl (C=O) groups is 1. The molecule has 0 aliphatic carbocycles. The minimum absolute atomic E-state index is 0.0133. The summed E-state index contributed by atoms with van der Waals surface area (Å²) >= 11 is 0. The smallest absolute Gasteiger partial charge is 0.238 e. The van der Waals surface area contributed by atoms with Crippen molar-refractivity contribution in [1.82, 2.24) is 15.5 Å². The summed E-state index contributed by atoms with van der Waals surface area (Å²) in [5, 5.41) is 6.24. The molecule has 2 fully saturated rings. The fourth-order valence-corrected chi connectivity index (χ4v) is 2.80. The third-order valence-corrected chi connectivity index (χ3v) is 3.76. The highest BCUT2D eigenvalue weighted by Crippen LogP contribution is 2.17. The van der Waals surface area contributed by atoms with Gasteiger partial charge < -0.3 is 15.4 Å². The molecule has 0 saturated carbocycles. The fraction of sp³-hybridized carbons (Fsp3) is 0.923. The number of likely N-dealkylation sites (N-methyl/N-ethyl adjacent to an activating group) is 1. The monoisotopic (exact) mass is 255 g/mol. The molecular formula is C13H25N3O2. The molecule has 0 spiro atoms. The van der Waals surface area contributed by atoms with Gasteiger partial charge in [0.1, 0.15) is 6.04 Å². The van der Waals surface area contributed by atoms with Crippen LogP contribution < -0.4 is 10.6 Å².